The fraction of sp³-hybridized carbons (Fsp3) is 0.167. The van der Waals surface area contributed by atoms with Crippen LogP contribution in [0.1, 0.15) is 6.92 Å². The van der Waals surface area contributed by atoms with Crippen molar-refractivity contribution in [3.05, 3.63) is 54.4 Å². The number of nitrogens with zero attached hydrogens (tertiary/aromatic N) is 4. The maximum Gasteiger partial charge on any atom is 0.237 e. The fourth-order valence-electron chi connectivity index (χ4n) is 2.99. The summed E-state index contributed by atoms with van der Waals surface area (Å²) in [7, 11) is 0. The van der Waals surface area contributed by atoms with Gasteiger partial charge >= 0.3 is 0 Å². The number of carbonyl (C=O) groups excluding carboxylic acids is 1. The van der Waals surface area contributed by atoms with Gasteiger partial charge in [0, 0.05) is 24.8 Å². The second kappa shape index (κ2) is 6.21. The Labute approximate surface area is 148 Å². The predicted molar refractivity (Wildman–Crippen MR) is 91.8 cm³/mol. The minimum atomic E-state index is -0.619. The average molecular weight is 355 g/mol. The summed E-state index contributed by atoms with van der Waals surface area (Å²) in [6.45, 7) is 2.41. The molecule has 0 fully saturated rings. The van der Waals surface area contributed by atoms with Crippen molar-refractivity contribution in [2.45, 2.75) is 13.5 Å². The Morgan fingerprint density at radius 1 is 1.12 bits per heavy atom. The molecule has 4 rings (SSSR count). The summed E-state index contributed by atoms with van der Waals surface area (Å²) in [6.07, 6.45) is 1.37. The monoisotopic (exact) mass is 355 g/mol. The number of rotatable bonds is 2. The molecule has 26 heavy (non-hydrogen) atoms. The number of hydrogen-bond donors (Lipinski definition) is 1. The lowest BCUT2D eigenvalue weighted by Gasteiger charge is -2.28. The maximum atomic E-state index is 13.7. The Bertz CT molecular complexity index is 984. The molecule has 3 heterocycles. The van der Waals surface area contributed by atoms with Crippen LogP contribution in [0, 0.1) is 11.8 Å². The van der Waals surface area contributed by atoms with Gasteiger partial charge in [0.15, 0.2) is 5.82 Å². The van der Waals surface area contributed by atoms with Gasteiger partial charge < -0.3 is 0 Å². The first kappa shape index (κ1) is 16.2. The smallest absolute Gasteiger partial charge is 0.237 e. The molecule has 1 N–H and O–H groups in total. The lowest BCUT2D eigenvalue weighted by Crippen LogP contribution is -2.41. The number of hydrazine groups is 1. The van der Waals surface area contributed by atoms with Gasteiger partial charge in [-0.15, -0.1) is 0 Å². The van der Waals surface area contributed by atoms with Gasteiger partial charge in [0.25, 0.3) is 0 Å². The highest BCUT2D eigenvalue weighted by Crippen LogP contribution is 2.39. The first-order valence-electron chi connectivity index (χ1n) is 8.06. The number of hydrogen-bond acceptors (Lipinski definition) is 4. The zero-order valence-corrected chi connectivity index (χ0v) is 13.9. The summed E-state index contributed by atoms with van der Waals surface area (Å²) >= 11 is 0. The van der Waals surface area contributed by atoms with Crippen LogP contribution in [-0.2, 0) is 11.3 Å². The van der Waals surface area contributed by atoms with Crippen LogP contribution in [0.5, 0.6) is 0 Å². The average Bonchev–Trinajstić information content (AvgIpc) is 3.00. The topological polar surface area (TPSA) is 63.1 Å². The zero-order valence-electron chi connectivity index (χ0n) is 13.9. The van der Waals surface area contributed by atoms with Crippen molar-refractivity contribution < 1.29 is 13.6 Å². The molecule has 132 valence electrons. The van der Waals surface area contributed by atoms with Crippen molar-refractivity contribution in [1.29, 1.82) is 0 Å². The normalized spacial score (nSPS) is 13.3. The van der Waals surface area contributed by atoms with Crippen LogP contribution < -0.4 is 5.43 Å². The van der Waals surface area contributed by atoms with Gasteiger partial charge in [-0.25, -0.2) is 14.1 Å². The van der Waals surface area contributed by atoms with Crippen molar-refractivity contribution in [1.82, 2.24) is 19.8 Å². The van der Waals surface area contributed by atoms with Crippen LogP contribution in [0.4, 0.5) is 14.6 Å². The highest BCUT2D eigenvalue weighted by atomic mass is 19.1. The van der Waals surface area contributed by atoms with Crippen LogP contribution in [-0.4, -0.2) is 32.2 Å². The lowest BCUT2D eigenvalue weighted by molar-refractivity contribution is -0.128. The van der Waals surface area contributed by atoms with Crippen molar-refractivity contribution in [3.8, 4) is 22.4 Å². The van der Waals surface area contributed by atoms with Gasteiger partial charge in [-0.1, -0.05) is 0 Å². The Morgan fingerprint density at radius 3 is 2.58 bits per heavy atom. The molecule has 0 saturated heterocycles. The van der Waals surface area contributed by atoms with Gasteiger partial charge in [0.05, 0.1) is 18.7 Å². The van der Waals surface area contributed by atoms with Crippen LogP contribution in [0.3, 0.4) is 0 Å². The number of nitrogens with one attached hydrogen (secondary N) is 1. The molecular formula is C18H15F2N5O. The van der Waals surface area contributed by atoms with Crippen molar-refractivity contribution in [2.75, 3.05) is 12.0 Å². The van der Waals surface area contributed by atoms with E-state index < -0.39 is 5.95 Å². The molecule has 3 aromatic rings. The molecule has 0 aliphatic carbocycles. The number of benzene rings is 1. The van der Waals surface area contributed by atoms with E-state index >= 15 is 0 Å². The van der Waals surface area contributed by atoms with Crippen molar-refractivity contribution in [2.24, 2.45) is 0 Å². The Hall–Kier alpha value is -3.29. The van der Waals surface area contributed by atoms with E-state index in [0.29, 0.717) is 41.3 Å². The zero-order chi connectivity index (χ0) is 18.3. The summed E-state index contributed by atoms with van der Waals surface area (Å²) in [5, 5.41) is 6.08. The second-order valence-corrected chi connectivity index (χ2v) is 5.95. The van der Waals surface area contributed by atoms with E-state index in [1.165, 1.54) is 36.3 Å². The molecule has 0 saturated carbocycles. The number of aromatic nitrogens is 3. The van der Waals surface area contributed by atoms with Gasteiger partial charge in [0.2, 0.25) is 11.9 Å². The molecule has 1 aliphatic rings. The number of fused-ring (bicyclic) bond motifs is 1. The summed E-state index contributed by atoms with van der Waals surface area (Å²) < 4.78 is 28.7. The Balaban J connectivity index is 1.92. The molecule has 2 aromatic heterocycles. The van der Waals surface area contributed by atoms with Gasteiger partial charge in [0.1, 0.15) is 11.5 Å². The quantitative estimate of drug-likeness (QED) is 0.718. The number of pyridine rings is 1. The molecule has 8 heteroatoms. The van der Waals surface area contributed by atoms with Crippen molar-refractivity contribution >= 4 is 11.7 Å². The van der Waals surface area contributed by atoms with Crippen molar-refractivity contribution in [3.63, 3.8) is 0 Å². The predicted octanol–water partition coefficient (Wildman–Crippen LogP) is 3.08. The number of anilines is 1. The highest BCUT2D eigenvalue weighted by molar-refractivity contribution is 5.90. The Kier molecular flexibility index (Phi) is 3.87. The van der Waals surface area contributed by atoms with E-state index in [-0.39, 0.29) is 11.7 Å². The minimum Gasteiger partial charge on any atom is -0.279 e. The van der Waals surface area contributed by atoms with E-state index in [9.17, 15) is 13.6 Å². The summed E-state index contributed by atoms with van der Waals surface area (Å²) in [5.74, 6) is -0.522. The molecule has 1 aromatic carbocycles. The summed E-state index contributed by atoms with van der Waals surface area (Å²) in [4.78, 5) is 15.3. The summed E-state index contributed by atoms with van der Waals surface area (Å²) in [5.41, 5.74) is 5.51. The molecule has 0 radical (unpaired) electrons. The van der Waals surface area contributed by atoms with E-state index in [0.717, 1.165) is 0 Å². The number of halogens is 2. The van der Waals surface area contributed by atoms with E-state index in [1.54, 1.807) is 22.9 Å². The second-order valence-electron chi connectivity index (χ2n) is 5.95. The van der Waals surface area contributed by atoms with Gasteiger partial charge in [-0.2, -0.15) is 9.49 Å². The SMILES string of the molecule is CC(=O)N1CCn2nc(-c3ccc(F)cc3)c(-c3ccnc(F)c3)c2N1. The fourth-order valence-corrected chi connectivity index (χ4v) is 2.99. The molecular weight excluding hydrogens is 340 g/mol. The van der Waals surface area contributed by atoms with E-state index in [2.05, 4.69) is 15.5 Å². The van der Waals surface area contributed by atoms with Gasteiger partial charge in [-0.05, 0) is 35.9 Å². The van der Waals surface area contributed by atoms with E-state index in [1.807, 2.05) is 0 Å². The van der Waals surface area contributed by atoms with Crippen LogP contribution in [0.25, 0.3) is 22.4 Å². The molecule has 6 nitrogen and oxygen atoms in total. The minimum absolute atomic E-state index is 0.132. The number of carbonyl (C=O) groups is 1. The van der Waals surface area contributed by atoms with Crippen LogP contribution in [0.2, 0.25) is 0 Å². The lowest BCUT2D eigenvalue weighted by atomic mass is 10.0. The Morgan fingerprint density at radius 2 is 1.88 bits per heavy atom. The third kappa shape index (κ3) is 2.79. The summed E-state index contributed by atoms with van der Waals surface area (Å²) in [6, 6.07) is 8.91. The highest BCUT2D eigenvalue weighted by Gasteiger charge is 2.26. The van der Waals surface area contributed by atoms with Crippen LogP contribution >= 0.6 is 0 Å². The molecule has 0 atom stereocenters. The molecule has 1 amide bonds. The number of amides is 1. The largest absolute Gasteiger partial charge is 0.279 e. The maximum absolute atomic E-state index is 13.7. The first-order chi connectivity index (χ1) is 12.5. The first-order valence-corrected chi connectivity index (χ1v) is 8.06. The third-order valence-electron chi connectivity index (χ3n) is 4.24. The standard InChI is InChI=1S/C18H15F2N5O/c1-11(26)24-8-9-25-18(23-24)16(13-6-7-21-15(20)10-13)17(22-25)12-2-4-14(19)5-3-12/h2-7,10,23H,8-9H2,1H3. The van der Waals surface area contributed by atoms with E-state index in [4.69, 9.17) is 0 Å². The molecule has 0 unspecified atom stereocenters. The third-order valence-corrected chi connectivity index (χ3v) is 4.24. The molecule has 0 bridgehead atoms. The van der Waals surface area contributed by atoms with Gasteiger partial charge in [-0.3, -0.25) is 15.2 Å². The molecule has 1 aliphatic heterocycles. The molecule has 0 spiro atoms. The van der Waals surface area contributed by atoms with Crippen LogP contribution in [0.15, 0.2) is 42.6 Å².